The normalized spacial score (nSPS) is 12.6. The van der Waals surface area contributed by atoms with E-state index in [2.05, 4.69) is 266 Å². The third-order valence-electron chi connectivity index (χ3n) is 13.6. The van der Waals surface area contributed by atoms with Gasteiger partial charge in [0.15, 0.2) is 0 Å². The van der Waals surface area contributed by atoms with Gasteiger partial charge < -0.3 is 9.47 Å². The van der Waals surface area contributed by atoms with Gasteiger partial charge in [0.25, 0.3) is 0 Å². The highest BCUT2D eigenvalue weighted by Crippen LogP contribution is 2.56. The highest BCUT2D eigenvalue weighted by molar-refractivity contribution is 6.11. The summed E-state index contributed by atoms with van der Waals surface area (Å²) in [6.07, 6.45) is 0. The number of aromatic nitrogens is 1. The van der Waals surface area contributed by atoms with E-state index in [0.717, 1.165) is 17.1 Å². The first-order chi connectivity index (χ1) is 32.0. The van der Waals surface area contributed by atoms with Crippen molar-refractivity contribution < 1.29 is 0 Å². The number of fused-ring (bicyclic) bond motifs is 6. The molecule has 0 saturated carbocycles. The molecule has 308 valence electrons. The van der Waals surface area contributed by atoms with Crippen molar-refractivity contribution in [3.05, 3.63) is 254 Å². The van der Waals surface area contributed by atoms with E-state index in [-0.39, 0.29) is 5.41 Å². The van der Waals surface area contributed by atoms with Crippen LogP contribution in [0.25, 0.3) is 83.1 Å². The average Bonchev–Trinajstić information content (AvgIpc) is 3.83. The monoisotopic (exact) mass is 830 g/mol. The summed E-state index contributed by atoms with van der Waals surface area (Å²) in [5.74, 6) is 0. The fraction of sp³-hybridized carbons (Fsp3) is 0.0476. The molecule has 0 spiro atoms. The number of para-hydroxylation sites is 2. The molecule has 12 rings (SSSR count). The maximum absolute atomic E-state index is 2.42. The standard InChI is InChI=1S/C63H46N2/c1-63(2)58-24-14-12-23-56(58)61-53(39-40-54(62(61)63)48-32-41-60-57(42-48)55-22-13-15-25-59(55)65(60)49-20-10-5-11-21-49)47-30-37-52(38-31-47)64(50-33-26-45(27-34-50)43-16-6-3-7-17-43)51-35-28-46(29-36-51)44-18-8-4-9-19-44/h3-42H,1-2H3. The van der Waals surface area contributed by atoms with Crippen LogP contribution in [0, 0.1) is 0 Å². The highest BCUT2D eigenvalue weighted by Gasteiger charge is 2.39. The van der Waals surface area contributed by atoms with Gasteiger partial charge in [-0.05, 0) is 133 Å². The number of rotatable bonds is 8. The summed E-state index contributed by atoms with van der Waals surface area (Å²) in [5.41, 5.74) is 21.9. The zero-order chi connectivity index (χ0) is 43.5. The Kier molecular flexibility index (Phi) is 9.21. The van der Waals surface area contributed by atoms with Crippen molar-refractivity contribution in [3.63, 3.8) is 0 Å². The Morgan fingerprint density at radius 1 is 0.338 bits per heavy atom. The second-order valence-corrected chi connectivity index (χ2v) is 17.7. The molecule has 1 aliphatic rings. The predicted molar refractivity (Wildman–Crippen MR) is 275 cm³/mol. The Bertz CT molecular complexity index is 3430. The number of anilines is 3. The Hall–Kier alpha value is -8.20. The fourth-order valence-corrected chi connectivity index (χ4v) is 10.5. The predicted octanol–water partition coefficient (Wildman–Crippen LogP) is 17.2. The third-order valence-corrected chi connectivity index (χ3v) is 13.6. The van der Waals surface area contributed by atoms with Gasteiger partial charge in [0.1, 0.15) is 0 Å². The van der Waals surface area contributed by atoms with Gasteiger partial charge in [-0.15, -0.1) is 0 Å². The van der Waals surface area contributed by atoms with Crippen molar-refractivity contribution in [2.75, 3.05) is 4.90 Å². The molecule has 1 aliphatic carbocycles. The summed E-state index contributed by atoms with van der Waals surface area (Å²) in [4.78, 5) is 2.37. The van der Waals surface area contributed by atoms with E-state index in [0.29, 0.717) is 0 Å². The minimum absolute atomic E-state index is 0.209. The summed E-state index contributed by atoms with van der Waals surface area (Å²) >= 11 is 0. The van der Waals surface area contributed by atoms with E-state index < -0.39 is 0 Å². The van der Waals surface area contributed by atoms with Crippen LogP contribution < -0.4 is 4.90 Å². The quantitative estimate of drug-likeness (QED) is 0.148. The molecule has 2 nitrogen and oxygen atoms in total. The minimum atomic E-state index is -0.209. The van der Waals surface area contributed by atoms with Crippen LogP contribution in [0.2, 0.25) is 0 Å². The number of hydrogen-bond acceptors (Lipinski definition) is 1. The summed E-state index contributed by atoms with van der Waals surface area (Å²) < 4.78 is 2.39. The molecule has 0 unspecified atom stereocenters. The average molecular weight is 831 g/mol. The van der Waals surface area contributed by atoms with Crippen LogP contribution >= 0.6 is 0 Å². The molecule has 0 amide bonds. The van der Waals surface area contributed by atoms with Gasteiger partial charge in [0, 0.05) is 38.9 Å². The van der Waals surface area contributed by atoms with Crippen LogP contribution in [-0.4, -0.2) is 4.57 Å². The van der Waals surface area contributed by atoms with Crippen molar-refractivity contribution in [2.45, 2.75) is 19.3 Å². The van der Waals surface area contributed by atoms with E-state index in [4.69, 9.17) is 0 Å². The van der Waals surface area contributed by atoms with Gasteiger partial charge >= 0.3 is 0 Å². The van der Waals surface area contributed by atoms with E-state index in [9.17, 15) is 0 Å². The van der Waals surface area contributed by atoms with Crippen molar-refractivity contribution >= 4 is 38.9 Å². The number of benzene rings is 10. The van der Waals surface area contributed by atoms with Crippen molar-refractivity contribution in [2.24, 2.45) is 0 Å². The lowest BCUT2D eigenvalue weighted by molar-refractivity contribution is 0.662. The van der Waals surface area contributed by atoms with Crippen LogP contribution in [-0.2, 0) is 5.41 Å². The molecule has 0 fully saturated rings. The van der Waals surface area contributed by atoms with Crippen LogP contribution in [0.4, 0.5) is 17.1 Å². The molecule has 0 bridgehead atoms. The van der Waals surface area contributed by atoms with Crippen molar-refractivity contribution in [1.82, 2.24) is 4.57 Å². The second-order valence-electron chi connectivity index (χ2n) is 17.7. The van der Waals surface area contributed by atoms with Crippen molar-refractivity contribution in [3.8, 4) is 61.3 Å². The van der Waals surface area contributed by atoms with E-state index in [1.54, 1.807) is 0 Å². The Balaban J connectivity index is 0.975. The largest absolute Gasteiger partial charge is 0.311 e. The minimum Gasteiger partial charge on any atom is -0.311 e. The molecule has 0 radical (unpaired) electrons. The first-order valence-corrected chi connectivity index (χ1v) is 22.6. The lowest BCUT2D eigenvalue weighted by Gasteiger charge is -2.27. The zero-order valence-corrected chi connectivity index (χ0v) is 36.5. The summed E-state index contributed by atoms with van der Waals surface area (Å²) in [7, 11) is 0. The molecule has 0 aliphatic heterocycles. The molecule has 11 aromatic rings. The zero-order valence-electron chi connectivity index (χ0n) is 36.5. The molecular formula is C63H46N2. The van der Waals surface area contributed by atoms with Gasteiger partial charge in [-0.25, -0.2) is 0 Å². The topological polar surface area (TPSA) is 8.17 Å². The molecule has 0 atom stereocenters. The third kappa shape index (κ3) is 6.49. The molecule has 0 saturated heterocycles. The summed E-state index contributed by atoms with van der Waals surface area (Å²) in [5, 5.41) is 2.52. The fourth-order valence-electron chi connectivity index (χ4n) is 10.5. The second kappa shape index (κ2) is 15.6. The number of hydrogen-bond donors (Lipinski definition) is 0. The molecule has 1 aromatic heterocycles. The summed E-state index contributed by atoms with van der Waals surface area (Å²) in [6, 6.07) is 88.6. The van der Waals surface area contributed by atoms with Crippen LogP contribution in [0.15, 0.2) is 243 Å². The first kappa shape index (κ1) is 38.5. The summed E-state index contributed by atoms with van der Waals surface area (Å²) in [6.45, 7) is 4.80. The van der Waals surface area contributed by atoms with Crippen LogP contribution in [0.1, 0.15) is 25.0 Å². The molecular weight excluding hydrogens is 785 g/mol. The highest BCUT2D eigenvalue weighted by atomic mass is 15.1. The molecule has 1 heterocycles. The lowest BCUT2D eigenvalue weighted by Crippen LogP contribution is -2.16. The lowest BCUT2D eigenvalue weighted by atomic mass is 9.78. The van der Waals surface area contributed by atoms with E-state index in [1.165, 1.54) is 94.3 Å². The van der Waals surface area contributed by atoms with Crippen LogP contribution in [0.5, 0.6) is 0 Å². The van der Waals surface area contributed by atoms with E-state index >= 15 is 0 Å². The molecule has 2 heteroatoms. The number of nitrogens with zero attached hydrogens (tertiary/aromatic N) is 2. The molecule has 10 aromatic carbocycles. The maximum Gasteiger partial charge on any atom is 0.0541 e. The smallest absolute Gasteiger partial charge is 0.0541 e. The van der Waals surface area contributed by atoms with Gasteiger partial charge in [-0.2, -0.15) is 0 Å². The van der Waals surface area contributed by atoms with Gasteiger partial charge in [0.2, 0.25) is 0 Å². The Labute approximate surface area is 381 Å². The van der Waals surface area contributed by atoms with Crippen molar-refractivity contribution in [1.29, 1.82) is 0 Å². The van der Waals surface area contributed by atoms with Crippen LogP contribution in [0.3, 0.4) is 0 Å². The Morgan fingerprint density at radius 2 is 0.800 bits per heavy atom. The SMILES string of the molecule is CC1(C)c2ccccc2-c2c(-c3ccc(N(c4ccc(-c5ccccc5)cc4)c4ccc(-c5ccccc5)cc4)cc3)ccc(-c3ccc4c(c3)c3ccccc3n4-c3ccccc3)c21. The molecule has 0 N–H and O–H groups in total. The van der Waals surface area contributed by atoms with E-state index in [1.807, 2.05) is 0 Å². The maximum atomic E-state index is 2.42. The Morgan fingerprint density at radius 3 is 1.42 bits per heavy atom. The first-order valence-electron chi connectivity index (χ1n) is 22.6. The van der Waals surface area contributed by atoms with Gasteiger partial charge in [-0.1, -0.05) is 190 Å². The molecule has 65 heavy (non-hydrogen) atoms. The van der Waals surface area contributed by atoms with Gasteiger partial charge in [-0.3, -0.25) is 0 Å². The van der Waals surface area contributed by atoms with Gasteiger partial charge in [0.05, 0.1) is 11.0 Å².